The molecule has 2 N–H and O–H groups in total. The lowest BCUT2D eigenvalue weighted by Gasteiger charge is -2.34. The standard InChI is InChI=1S/C19H29N3O2/c1-15(20)18-6-3-7-22(14-18)19(23)17-5-2-4-16(12-17)13-21-8-10-24-11-9-21/h2,4-5,12,15,18H,3,6-11,13-14,20H2,1H3/t15-,18-/m1/s1. The molecule has 2 fully saturated rings. The van der Waals surface area contributed by atoms with Crippen molar-refractivity contribution >= 4 is 5.91 Å². The molecule has 0 unspecified atom stereocenters. The molecule has 3 rings (SSSR count). The maximum atomic E-state index is 12.9. The fraction of sp³-hybridized carbons (Fsp3) is 0.632. The number of ether oxygens (including phenoxy) is 1. The van der Waals surface area contributed by atoms with E-state index < -0.39 is 0 Å². The number of carbonyl (C=O) groups excluding carboxylic acids is 1. The fourth-order valence-corrected chi connectivity index (χ4v) is 3.63. The summed E-state index contributed by atoms with van der Waals surface area (Å²) >= 11 is 0. The summed E-state index contributed by atoms with van der Waals surface area (Å²) in [6.07, 6.45) is 2.17. The minimum Gasteiger partial charge on any atom is -0.379 e. The van der Waals surface area contributed by atoms with Gasteiger partial charge in [-0.2, -0.15) is 0 Å². The number of nitrogens with zero attached hydrogens (tertiary/aromatic N) is 2. The molecule has 0 aromatic heterocycles. The molecule has 1 aromatic rings. The molecule has 132 valence electrons. The highest BCUT2D eigenvalue weighted by molar-refractivity contribution is 5.94. The third-order valence-electron chi connectivity index (χ3n) is 5.17. The second-order valence-electron chi connectivity index (χ2n) is 7.10. The van der Waals surface area contributed by atoms with E-state index in [4.69, 9.17) is 10.5 Å². The quantitative estimate of drug-likeness (QED) is 0.913. The third-order valence-corrected chi connectivity index (χ3v) is 5.17. The van der Waals surface area contributed by atoms with E-state index in [0.29, 0.717) is 5.92 Å². The summed E-state index contributed by atoms with van der Waals surface area (Å²) in [5.74, 6) is 0.559. The van der Waals surface area contributed by atoms with Gasteiger partial charge >= 0.3 is 0 Å². The van der Waals surface area contributed by atoms with E-state index in [1.165, 1.54) is 5.56 Å². The summed E-state index contributed by atoms with van der Waals surface area (Å²) in [7, 11) is 0. The van der Waals surface area contributed by atoms with Gasteiger partial charge in [-0.15, -0.1) is 0 Å². The Morgan fingerprint density at radius 3 is 2.88 bits per heavy atom. The smallest absolute Gasteiger partial charge is 0.253 e. The zero-order chi connectivity index (χ0) is 16.9. The summed E-state index contributed by atoms with van der Waals surface area (Å²) in [4.78, 5) is 17.2. The van der Waals surface area contributed by atoms with Crippen LogP contribution in [0, 0.1) is 5.92 Å². The van der Waals surface area contributed by atoms with Crippen LogP contribution in [0.25, 0.3) is 0 Å². The van der Waals surface area contributed by atoms with Gasteiger partial charge in [0.25, 0.3) is 5.91 Å². The van der Waals surface area contributed by atoms with E-state index >= 15 is 0 Å². The summed E-state index contributed by atoms with van der Waals surface area (Å²) in [5, 5.41) is 0. The van der Waals surface area contributed by atoms with Crippen molar-refractivity contribution in [2.45, 2.75) is 32.4 Å². The van der Waals surface area contributed by atoms with Crippen LogP contribution in [0.15, 0.2) is 24.3 Å². The van der Waals surface area contributed by atoms with Crippen LogP contribution < -0.4 is 5.73 Å². The molecule has 0 spiro atoms. The van der Waals surface area contributed by atoms with E-state index in [0.717, 1.165) is 64.3 Å². The first-order valence-electron chi connectivity index (χ1n) is 9.07. The van der Waals surface area contributed by atoms with Crippen molar-refractivity contribution in [2.75, 3.05) is 39.4 Å². The van der Waals surface area contributed by atoms with Crippen LogP contribution in [0.2, 0.25) is 0 Å². The molecule has 5 heteroatoms. The molecule has 2 aliphatic heterocycles. The van der Waals surface area contributed by atoms with Crippen molar-refractivity contribution in [1.29, 1.82) is 0 Å². The molecule has 1 amide bonds. The molecule has 2 heterocycles. The molecular formula is C19H29N3O2. The number of rotatable bonds is 4. The first kappa shape index (κ1) is 17.4. The van der Waals surface area contributed by atoms with Gasteiger partial charge in [0.1, 0.15) is 0 Å². The predicted molar refractivity (Wildman–Crippen MR) is 94.8 cm³/mol. The number of amides is 1. The van der Waals surface area contributed by atoms with Crippen LogP contribution in [-0.2, 0) is 11.3 Å². The predicted octanol–water partition coefficient (Wildman–Crippen LogP) is 1.72. The SMILES string of the molecule is C[C@@H](N)[C@@H]1CCCN(C(=O)c2cccc(CN3CCOCC3)c2)C1. The monoisotopic (exact) mass is 331 g/mol. The summed E-state index contributed by atoms with van der Waals surface area (Å²) in [6.45, 7) is 8.06. The number of benzene rings is 1. The lowest BCUT2D eigenvalue weighted by molar-refractivity contribution is 0.0341. The molecule has 24 heavy (non-hydrogen) atoms. The highest BCUT2D eigenvalue weighted by Gasteiger charge is 2.26. The van der Waals surface area contributed by atoms with Gasteiger partial charge in [-0.1, -0.05) is 12.1 Å². The van der Waals surface area contributed by atoms with Gasteiger partial charge < -0.3 is 15.4 Å². The Bertz CT molecular complexity index is 555. The van der Waals surface area contributed by atoms with Crippen LogP contribution in [0.5, 0.6) is 0 Å². The molecule has 2 saturated heterocycles. The Labute approximate surface area is 144 Å². The Morgan fingerprint density at radius 1 is 1.33 bits per heavy atom. The third kappa shape index (κ3) is 4.35. The fourth-order valence-electron chi connectivity index (χ4n) is 3.63. The minimum absolute atomic E-state index is 0.143. The number of hydrogen-bond donors (Lipinski definition) is 1. The highest BCUT2D eigenvalue weighted by atomic mass is 16.5. The van der Waals surface area contributed by atoms with Gasteiger partial charge in [0.15, 0.2) is 0 Å². The lowest BCUT2D eigenvalue weighted by atomic mass is 9.92. The van der Waals surface area contributed by atoms with E-state index in [2.05, 4.69) is 11.0 Å². The summed E-state index contributed by atoms with van der Waals surface area (Å²) in [6, 6.07) is 8.23. The summed E-state index contributed by atoms with van der Waals surface area (Å²) < 4.78 is 5.40. The van der Waals surface area contributed by atoms with Crippen molar-refractivity contribution in [3.8, 4) is 0 Å². The number of morpholine rings is 1. The van der Waals surface area contributed by atoms with E-state index in [1.807, 2.05) is 30.0 Å². The first-order chi connectivity index (χ1) is 11.6. The summed E-state index contributed by atoms with van der Waals surface area (Å²) in [5.41, 5.74) is 8.04. The second-order valence-corrected chi connectivity index (χ2v) is 7.10. The van der Waals surface area contributed by atoms with Crippen molar-refractivity contribution in [1.82, 2.24) is 9.80 Å². The van der Waals surface area contributed by atoms with Gasteiger partial charge in [0.05, 0.1) is 13.2 Å². The number of carbonyl (C=O) groups is 1. The molecule has 5 nitrogen and oxygen atoms in total. The zero-order valence-corrected chi connectivity index (χ0v) is 14.6. The van der Waals surface area contributed by atoms with Crippen molar-refractivity contribution in [3.63, 3.8) is 0 Å². The second kappa shape index (κ2) is 8.10. The van der Waals surface area contributed by atoms with Crippen LogP contribution in [0.1, 0.15) is 35.7 Å². The Kier molecular flexibility index (Phi) is 5.87. The molecule has 0 bridgehead atoms. The molecule has 0 radical (unpaired) electrons. The number of hydrogen-bond acceptors (Lipinski definition) is 4. The Balaban J connectivity index is 1.65. The van der Waals surface area contributed by atoms with Crippen molar-refractivity contribution in [2.24, 2.45) is 11.7 Å². The average molecular weight is 331 g/mol. The topological polar surface area (TPSA) is 58.8 Å². The van der Waals surface area contributed by atoms with E-state index in [-0.39, 0.29) is 11.9 Å². The van der Waals surface area contributed by atoms with E-state index in [1.54, 1.807) is 0 Å². The molecule has 1 aromatic carbocycles. The molecular weight excluding hydrogens is 302 g/mol. The largest absolute Gasteiger partial charge is 0.379 e. The van der Waals surface area contributed by atoms with Crippen LogP contribution in [0.4, 0.5) is 0 Å². The van der Waals surface area contributed by atoms with Gasteiger partial charge in [-0.05, 0) is 43.4 Å². The van der Waals surface area contributed by atoms with Gasteiger partial charge in [0, 0.05) is 44.3 Å². The Morgan fingerprint density at radius 2 is 2.12 bits per heavy atom. The van der Waals surface area contributed by atoms with E-state index in [9.17, 15) is 4.79 Å². The van der Waals surface area contributed by atoms with Crippen LogP contribution in [0.3, 0.4) is 0 Å². The van der Waals surface area contributed by atoms with Gasteiger partial charge in [-0.25, -0.2) is 0 Å². The van der Waals surface area contributed by atoms with Gasteiger partial charge in [-0.3, -0.25) is 9.69 Å². The van der Waals surface area contributed by atoms with Crippen LogP contribution in [-0.4, -0.2) is 61.1 Å². The maximum Gasteiger partial charge on any atom is 0.253 e. The maximum absolute atomic E-state index is 12.9. The molecule has 0 saturated carbocycles. The molecule has 0 aliphatic carbocycles. The van der Waals surface area contributed by atoms with Gasteiger partial charge in [0.2, 0.25) is 0 Å². The lowest BCUT2D eigenvalue weighted by Crippen LogP contribution is -2.45. The van der Waals surface area contributed by atoms with Crippen molar-refractivity contribution < 1.29 is 9.53 Å². The number of piperidine rings is 1. The molecule has 2 aliphatic rings. The normalized spacial score (nSPS) is 23.9. The Hall–Kier alpha value is -1.43. The zero-order valence-electron chi connectivity index (χ0n) is 14.6. The number of nitrogens with two attached hydrogens (primary N) is 1. The van der Waals surface area contributed by atoms with Crippen molar-refractivity contribution in [3.05, 3.63) is 35.4 Å². The van der Waals surface area contributed by atoms with Crippen LogP contribution >= 0.6 is 0 Å². The minimum atomic E-state index is 0.143. The molecule has 2 atom stereocenters. The highest BCUT2D eigenvalue weighted by Crippen LogP contribution is 2.21. The average Bonchev–Trinajstić information content (AvgIpc) is 2.62. The number of likely N-dealkylation sites (tertiary alicyclic amines) is 1. The first-order valence-corrected chi connectivity index (χ1v) is 9.07.